The summed E-state index contributed by atoms with van der Waals surface area (Å²) < 4.78 is 26.2. The highest BCUT2D eigenvalue weighted by molar-refractivity contribution is 7.89. The van der Waals surface area contributed by atoms with E-state index in [0.717, 1.165) is 13.0 Å². The highest BCUT2D eigenvalue weighted by Crippen LogP contribution is 2.06. The monoisotopic (exact) mass is 273 g/mol. The lowest BCUT2D eigenvalue weighted by molar-refractivity contribution is 0.400. The van der Waals surface area contributed by atoms with Gasteiger partial charge in [0, 0.05) is 13.6 Å². The van der Waals surface area contributed by atoms with Crippen molar-refractivity contribution in [3.8, 4) is 0 Å². The molecule has 7 nitrogen and oxygen atoms in total. The standard InChI is InChI=1S/C10H19N5O2S/c1-11-10-12-7-9(8-13-10)18(16,17)14-5-4-6-15(2)3/h7-8,14H,4-6H2,1-3H3,(H,11,12,13). The molecule has 0 aliphatic rings. The Bertz CT molecular complexity index is 458. The van der Waals surface area contributed by atoms with Crippen LogP contribution in [0.1, 0.15) is 6.42 Å². The molecule has 0 spiro atoms. The fraction of sp³-hybridized carbons (Fsp3) is 0.600. The smallest absolute Gasteiger partial charge is 0.243 e. The summed E-state index contributed by atoms with van der Waals surface area (Å²) in [5.41, 5.74) is 0. The molecular weight excluding hydrogens is 254 g/mol. The van der Waals surface area contributed by atoms with Gasteiger partial charge in [0.2, 0.25) is 16.0 Å². The van der Waals surface area contributed by atoms with Crippen LogP contribution < -0.4 is 10.0 Å². The molecule has 0 aliphatic heterocycles. The average Bonchev–Trinajstić information content (AvgIpc) is 2.34. The van der Waals surface area contributed by atoms with Crippen LogP contribution >= 0.6 is 0 Å². The lowest BCUT2D eigenvalue weighted by Crippen LogP contribution is -2.27. The fourth-order valence-electron chi connectivity index (χ4n) is 1.27. The van der Waals surface area contributed by atoms with E-state index in [0.29, 0.717) is 12.5 Å². The predicted molar refractivity (Wildman–Crippen MR) is 69.9 cm³/mol. The van der Waals surface area contributed by atoms with Gasteiger partial charge in [-0.2, -0.15) is 0 Å². The number of hydrogen-bond donors (Lipinski definition) is 2. The molecule has 18 heavy (non-hydrogen) atoms. The van der Waals surface area contributed by atoms with E-state index in [-0.39, 0.29) is 4.90 Å². The van der Waals surface area contributed by atoms with Gasteiger partial charge in [0.1, 0.15) is 4.90 Å². The Morgan fingerprint density at radius 3 is 2.39 bits per heavy atom. The van der Waals surface area contributed by atoms with Gasteiger partial charge in [0.25, 0.3) is 0 Å². The van der Waals surface area contributed by atoms with Crippen LogP contribution in [-0.4, -0.2) is 57.5 Å². The summed E-state index contributed by atoms with van der Waals surface area (Å²) in [6, 6.07) is 0. The van der Waals surface area contributed by atoms with E-state index in [1.807, 2.05) is 19.0 Å². The zero-order valence-electron chi connectivity index (χ0n) is 10.8. The Kier molecular flexibility index (Phi) is 5.45. The van der Waals surface area contributed by atoms with Gasteiger partial charge < -0.3 is 10.2 Å². The number of anilines is 1. The van der Waals surface area contributed by atoms with Gasteiger partial charge in [-0.15, -0.1) is 0 Å². The molecule has 0 fully saturated rings. The normalized spacial score (nSPS) is 11.8. The summed E-state index contributed by atoms with van der Waals surface area (Å²) in [5, 5.41) is 2.73. The largest absolute Gasteiger partial charge is 0.357 e. The number of nitrogens with one attached hydrogen (secondary N) is 2. The molecular formula is C10H19N5O2S. The Balaban J connectivity index is 2.57. The SMILES string of the molecule is CNc1ncc(S(=O)(=O)NCCCN(C)C)cn1. The molecule has 0 amide bonds. The first-order valence-corrected chi connectivity index (χ1v) is 7.08. The van der Waals surface area contributed by atoms with Crippen molar-refractivity contribution in [3.63, 3.8) is 0 Å². The molecule has 1 aromatic rings. The maximum absolute atomic E-state index is 11.9. The molecule has 0 atom stereocenters. The predicted octanol–water partition coefficient (Wildman–Crippen LogP) is -0.252. The number of hydrogen-bond acceptors (Lipinski definition) is 6. The molecule has 0 saturated heterocycles. The first kappa shape index (κ1) is 14.8. The van der Waals surface area contributed by atoms with Crippen molar-refractivity contribution in [3.05, 3.63) is 12.4 Å². The molecule has 1 heterocycles. The van der Waals surface area contributed by atoms with E-state index < -0.39 is 10.0 Å². The summed E-state index contributed by atoms with van der Waals surface area (Å²) in [6.45, 7) is 1.23. The second-order valence-electron chi connectivity index (χ2n) is 4.05. The minimum Gasteiger partial charge on any atom is -0.357 e. The first-order valence-electron chi connectivity index (χ1n) is 5.60. The molecule has 0 unspecified atom stereocenters. The van der Waals surface area contributed by atoms with Crippen LogP contribution in [0, 0.1) is 0 Å². The summed E-state index contributed by atoms with van der Waals surface area (Å²) in [4.78, 5) is 9.82. The molecule has 0 bridgehead atoms. The van der Waals surface area contributed by atoms with Crippen LogP contribution in [0.2, 0.25) is 0 Å². The van der Waals surface area contributed by atoms with E-state index >= 15 is 0 Å². The molecule has 1 rings (SSSR count). The highest BCUT2D eigenvalue weighted by atomic mass is 32.2. The van der Waals surface area contributed by atoms with Crippen molar-refractivity contribution in [1.29, 1.82) is 0 Å². The molecule has 0 saturated carbocycles. The topological polar surface area (TPSA) is 87.2 Å². The van der Waals surface area contributed by atoms with Gasteiger partial charge in [0.15, 0.2) is 0 Å². The summed E-state index contributed by atoms with van der Waals surface area (Å²) in [7, 11) is 2.05. The van der Waals surface area contributed by atoms with Gasteiger partial charge in [-0.3, -0.25) is 0 Å². The minimum atomic E-state index is -3.50. The second-order valence-corrected chi connectivity index (χ2v) is 5.81. The molecule has 8 heteroatoms. The molecule has 0 radical (unpaired) electrons. The van der Waals surface area contributed by atoms with Crippen LogP contribution in [-0.2, 0) is 10.0 Å². The van der Waals surface area contributed by atoms with E-state index in [1.165, 1.54) is 12.4 Å². The van der Waals surface area contributed by atoms with Crippen LogP contribution in [0.5, 0.6) is 0 Å². The van der Waals surface area contributed by atoms with E-state index in [4.69, 9.17) is 0 Å². The Morgan fingerprint density at radius 1 is 1.28 bits per heavy atom. The molecule has 1 aromatic heterocycles. The average molecular weight is 273 g/mol. The summed E-state index contributed by atoms with van der Waals surface area (Å²) in [6.07, 6.45) is 3.32. The lowest BCUT2D eigenvalue weighted by Gasteiger charge is -2.10. The number of rotatable bonds is 7. The van der Waals surface area contributed by atoms with Crippen molar-refractivity contribution < 1.29 is 8.42 Å². The fourth-order valence-corrected chi connectivity index (χ4v) is 2.23. The third kappa shape index (κ3) is 4.55. The Morgan fingerprint density at radius 2 is 1.89 bits per heavy atom. The maximum atomic E-state index is 11.9. The maximum Gasteiger partial charge on any atom is 0.243 e. The van der Waals surface area contributed by atoms with Gasteiger partial charge in [-0.05, 0) is 27.1 Å². The zero-order chi connectivity index (χ0) is 13.6. The van der Waals surface area contributed by atoms with Crippen molar-refractivity contribution in [2.45, 2.75) is 11.3 Å². The third-order valence-corrected chi connectivity index (χ3v) is 3.65. The van der Waals surface area contributed by atoms with E-state index in [2.05, 4.69) is 20.0 Å². The van der Waals surface area contributed by atoms with Crippen LogP contribution in [0.15, 0.2) is 17.3 Å². The van der Waals surface area contributed by atoms with Crippen LogP contribution in [0.3, 0.4) is 0 Å². The number of sulfonamides is 1. The minimum absolute atomic E-state index is 0.0753. The summed E-state index contributed by atoms with van der Waals surface area (Å²) >= 11 is 0. The second kappa shape index (κ2) is 6.62. The summed E-state index contributed by atoms with van der Waals surface area (Å²) in [5.74, 6) is 0.390. The quantitative estimate of drug-likeness (QED) is 0.666. The van der Waals surface area contributed by atoms with Crippen molar-refractivity contribution in [2.75, 3.05) is 39.5 Å². The highest BCUT2D eigenvalue weighted by Gasteiger charge is 2.14. The Labute approximate surface area is 108 Å². The van der Waals surface area contributed by atoms with E-state index in [9.17, 15) is 8.42 Å². The van der Waals surface area contributed by atoms with Gasteiger partial charge in [0.05, 0.1) is 12.4 Å². The van der Waals surface area contributed by atoms with Crippen molar-refractivity contribution in [2.24, 2.45) is 0 Å². The third-order valence-electron chi connectivity index (χ3n) is 2.24. The number of nitrogens with zero attached hydrogens (tertiary/aromatic N) is 3. The zero-order valence-corrected chi connectivity index (χ0v) is 11.7. The molecule has 2 N–H and O–H groups in total. The van der Waals surface area contributed by atoms with Crippen molar-refractivity contribution >= 4 is 16.0 Å². The molecule has 102 valence electrons. The van der Waals surface area contributed by atoms with E-state index in [1.54, 1.807) is 7.05 Å². The van der Waals surface area contributed by atoms with Gasteiger partial charge in [-0.25, -0.2) is 23.1 Å². The number of aromatic nitrogens is 2. The first-order chi connectivity index (χ1) is 8.45. The molecule has 0 aliphatic carbocycles. The van der Waals surface area contributed by atoms with Crippen LogP contribution in [0.4, 0.5) is 5.95 Å². The Hall–Kier alpha value is -1.25. The van der Waals surface area contributed by atoms with Gasteiger partial charge >= 0.3 is 0 Å². The van der Waals surface area contributed by atoms with Crippen LogP contribution in [0.25, 0.3) is 0 Å². The lowest BCUT2D eigenvalue weighted by atomic mass is 10.4. The van der Waals surface area contributed by atoms with Gasteiger partial charge in [-0.1, -0.05) is 0 Å². The molecule has 0 aromatic carbocycles. The van der Waals surface area contributed by atoms with Crippen molar-refractivity contribution in [1.82, 2.24) is 19.6 Å².